The third-order valence-electron chi connectivity index (χ3n) is 5.43. The molecule has 7 heteroatoms. The minimum absolute atomic E-state index is 0.123. The van der Waals surface area contributed by atoms with Crippen LogP contribution in [0.1, 0.15) is 21.7 Å². The van der Waals surface area contributed by atoms with Gasteiger partial charge in [0.05, 0.1) is 24.7 Å². The number of ether oxygens (including phenoxy) is 2. The van der Waals surface area contributed by atoms with Crippen LogP contribution in [0.15, 0.2) is 66.7 Å². The number of hydrogen-bond acceptors (Lipinski definition) is 4. The summed E-state index contributed by atoms with van der Waals surface area (Å²) in [4.78, 5) is 17.2. The molecule has 0 aliphatic heterocycles. The van der Waals surface area contributed by atoms with E-state index in [1.54, 1.807) is 31.4 Å². The van der Waals surface area contributed by atoms with Crippen LogP contribution in [0.2, 0.25) is 5.02 Å². The summed E-state index contributed by atoms with van der Waals surface area (Å²) in [5.41, 5.74) is 3.55. The van der Waals surface area contributed by atoms with Gasteiger partial charge in [0.1, 0.15) is 23.9 Å². The summed E-state index contributed by atoms with van der Waals surface area (Å²) in [7, 11) is 1.60. The largest absolute Gasteiger partial charge is 0.497 e. The van der Waals surface area contributed by atoms with Gasteiger partial charge >= 0.3 is 0 Å². The molecule has 0 aliphatic carbocycles. The Hall–Kier alpha value is -3.51. The number of fused-ring (bicyclic) bond motifs is 1. The first-order valence-electron chi connectivity index (χ1n) is 10.8. The van der Waals surface area contributed by atoms with Gasteiger partial charge in [-0.3, -0.25) is 4.79 Å². The zero-order valence-electron chi connectivity index (χ0n) is 18.7. The molecule has 170 valence electrons. The summed E-state index contributed by atoms with van der Waals surface area (Å²) in [5.74, 6) is 2.29. The Morgan fingerprint density at radius 1 is 1.06 bits per heavy atom. The number of amides is 1. The van der Waals surface area contributed by atoms with Crippen molar-refractivity contribution < 1.29 is 14.3 Å². The first-order chi connectivity index (χ1) is 16.0. The highest BCUT2D eigenvalue weighted by Gasteiger charge is 2.12. The zero-order chi connectivity index (χ0) is 23.2. The fourth-order valence-electron chi connectivity index (χ4n) is 3.66. The molecule has 4 aromatic rings. The quantitative estimate of drug-likeness (QED) is 0.377. The predicted octanol–water partition coefficient (Wildman–Crippen LogP) is 5.06. The summed E-state index contributed by atoms with van der Waals surface area (Å²) in [6.07, 6.45) is 0.608. The first-order valence-corrected chi connectivity index (χ1v) is 11.2. The van der Waals surface area contributed by atoms with E-state index in [0.717, 1.165) is 38.9 Å². The van der Waals surface area contributed by atoms with Crippen molar-refractivity contribution in [2.45, 2.75) is 19.9 Å². The number of carbonyl (C=O) groups is 1. The average Bonchev–Trinajstić information content (AvgIpc) is 3.18. The van der Waals surface area contributed by atoms with Crippen molar-refractivity contribution in [3.8, 4) is 11.5 Å². The predicted molar refractivity (Wildman–Crippen MR) is 130 cm³/mol. The zero-order valence-corrected chi connectivity index (χ0v) is 19.4. The lowest BCUT2D eigenvalue weighted by atomic mass is 10.2. The van der Waals surface area contributed by atoms with Crippen molar-refractivity contribution in [2.24, 2.45) is 0 Å². The number of para-hydroxylation sites is 2. The number of nitrogens with zero attached hydrogens (tertiary/aromatic N) is 2. The maximum Gasteiger partial charge on any atom is 0.251 e. The van der Waals surface area contributed by atoms with E-state index >= 15 is 0 Å². The second kappa shape index (κ2) is 10.4. The molecule has 1 aromatic heterocycles. The van der Waals surface area contributed by atoms with E-state index in [2.05, 4.69) is 9.88 Å². The molecule has 3 aromatic carbocycles. The average molecular weight is 464 g/mol. The number of carbonyl (C=O) groups excluding carboxylic acids is 1. The van der Waals surface area contributed by atoms with Crippen molar-refractivity contribution in [1.29, 1.82) is 0 Å². The molecule has 0 saturated heterocycles. The van der Waals surface area contributed by atoms with Crippen LogP contribution in [-0.2, 0) is 13.0 Å². The van der Waals surface area contributed by atoms with Crippen LogP contribution in [-0.4, -0.2) is 35.7 Å². The monoisotopic (exact) mass is 463 g/mol. The number of hydrogen-bond donors (Lipinski definition) is 1. The number of rotatable bonds is 9. The fraction of sp³-hybridized carbons (Fsp3) is 0.231. The van der Waals surface area contributed by atoms with Gasteiger partial charge in [0, 0.05) is 23.6 Å². The Bertz CT molecular complexity index is 1250. The lowest BCUT2D eigenvalue weighted by molar-refractivity contribution is 0.0954. The maximum atomic E-state index is 12.5. The normalized spacial score (nSPS) is 10.9. The summed E-state index contributed by atoms with van der Waals surface area (Å²) >= 11 is 6.10. The minimum Gasteiger partial charge on any atom is -0.497 e. The molecule has 0 atom stereocenters. The Kier molecular flexibility index (Phi) is 7.15. The number of aromatic nitrogens is 2. The molecular weight excluding hydrogens is 438 g/mol. The number of methoxy groups -OCH3 is 1. The Labute approximate surface area is 198 Å². The molecule has 1 heterocycles. The standard InChI is InChI=1S/C26H26ClN3O3/c1-18-17-21(11-12-22(18)27)33-16-15-30-24-6-4-3-5-23(24)29-25(30)13-14-28-26(31)19-7-9-20(32-2)10-8-19/h3-12,17H,13-16H2,1-2H3,(H,28,31). The van der Waals surface area contributed by atoms with E-state index < -0.39 is 0 Å². The number of halogens is 1. The fourth-order valence-corrected chi connectivity index (χ4v) is 3.78. The highest BCUT2D eigenvalue weighted by molar-refractivity contribution is 6.31. The first kappa shape index (κ1) is 22.7. The number of nitrogens with one attached hydrogen (secondary N) is 1. The molecule has 0 aliphatic rings. The smallest absolute Gasteiger partial charge is 0.251 e. The topological polar surface area (TPSA) is 65.4 Å². The van der Waals surface area contributed by atoms with Crippen molar-refractivity contribution in [3.63, 3.8) is 0 Å². The molecule has 6 nitrogen and oxygen atoms in total. The van der Waals surface area contributed by atoms with E-state index in [-0.39, 0.29) is 5.91 Å². The molecule has 0 bridgehead atoms. The highest BCUT2D eigenvalue weighted by atomic mass is 35.5. The molecule has 1 N–H and O–H groups in total. The van der Waals surface area contributed by atoms with Crippen LogP contribution < -0.4 is 14.8 Å². The molecular formula is C26H26ClN3O3. The molecule has 0 fully saturated rings. The molecule has 1 amide bonds. The van der Waals surface area contributed by atoms with Crippen LogP contribution in [0.25, 0.3) is 11.0 Å². The number of aryl methyl sites for hydroxylation is 1. The summed E-state index contributed by atoms with van der Waals surface area (Å²) in [5, 5.41) is 3.70. The number of imidazole rings is 1. The van der Waals surface area contributed by atoms with Crippen LogP contribution in [0, 0.1) is 6.92 Å². The van der Waals surface area contributed by atoms with E-state index in [9.17, 15) is 4.79 Å². The van der Waals surface area contributed by atoms with Crippen LogP contribution >= 0.6 is 11.6 Å². The van der Waals surface area contributed by atoms with Gasteiger partial charge in [0.15, 0.2) is 0 Å². The Balaban J connectivity index is 1.40. The van der Waals surface area contributed by atoms with E-state index in [1.807, 2.05) is 49.4 Å². The van der Waals surface area contributed by atoms with E-state index in [0.29, 0.717) is 31.7 Å². The van der Waals surface area contributed by atoms with Gasteiger partial charge in [-0.1, -0.05) is 23.7 Å². The number of benzene rings is 3. The molecule has 0 unspecified atom stereocenters. The van der Waals surface area contributed by atoms with Gasteiger partial charge in [-0.25, -0.2) is 4.98 Å². The van der Waals surface area contributed by atoms with Crippen molar-refractivity contribution in [1.82, 2.24) is 14.9 Å². The summed E-state index contributed by atoms with van der Waals surface area (Å²) < 4.78 is 13.2. The SMILES string of the molecule is COc1ccc(C(=O)NCCc2nc3ccccc3n2CCOc2ccc(Cl)c(C)c2)cc1. The molecule has 0 spiro atoms. The van der Waals surface area contributed by atoms with Gasteiger partial charge < -0.3 is 19.4 Å². The van der Waals surface area contributed by atoms with Crippen molar-refractivity contribution in [2.75, 3.05) is 20.3 Å². The lowest BCUT2D eigenvalue weighted by Gasteiger charge is -2.12. The second-order valence-electron chi connectivity index (χ2n) is 7.66. The highest BCUT2D eigenvalue weighted by Crippen LogP contribution is 2.22. The lowest BCUT2D eigenvalue weighted by Crippen LogP contribution is -2.26. The minimum atomic E-state index is -0.123. The van der Waals surface area contributed by atoms with Crippen LogP contribution in [0.5, 0.6) is 11.5 Å². The third kappa shape index (κ3) is 5.46. The molecule has 0 radical (unpaired) electrons. The molecule has 33 heavy (non-hydrogen) atoms. The van der Waals surface area contributed by atoms with Crippen LogP contribution in [0.4, 0.5) is 0 Å². The van der Waals surface area contributed by atoms with Gasteiger partial charge in [-0.05, 0) is 67.1 Å². The van der Waals surface area contributed by atoms with Gasteiger partial charge in [0.25, 0.3) is 5.91 Å². The van der Waals surface area contributed by atoms with Crippen molar-refractivity contribution in [3.05, 3.63) is 88.7 Å². The van der Waals surface area contributed by atoms with Crippen LogP contribution in [0.3, 0.4) is 0 Å². The van der Waals surface area contributed by atoms with Gasteiger partial charge in [0.2, 0.25) is 0 Å². The Morgan fingerprint density at radius 2 is 1.82 bits per heavy atom. The van der Waals surface area contributed by atoms with Gasteiger partial charge in [-0.2, -0.15) is 0 Å². The second-order valence-corrected chi connectivity index (χ2v) is 8.07. The van der Waals surface area contributed by atoms with E-state index in [1.165, 1.54) is 0 Å². The maximum absolute atomic E-state index is 12.5. The third-order valence-corrected chi connectivity index (χ3v) is 5.86. The van der Waals surface area contributed by atoms with Gasteiger partial charge in [-0.15, -0.1) is 0 Å². The van der Waals surface area contributed by atoms with E-state index in [4.69, 9.17) is 26.1 Å². The summed E-state index contributed by atoms with van der Waals surface area (Å²) in [6.45, 7) is 3.57. The summed E-state index contributed by atoms with van der Waals surface area (Å²) in [6, 6.07) is 20.7. The Morgan fingerprint density at radius 3 is 2.58 bits per heavy atom. The molecule has 4 rings (SSSR count). The molecule has 0 saturated carbocycles. The van der Waals surface area contributed by atoms with Crippen molar-refractivity contribution >= 4 is 28.5 Å².